The van der Waals surface area contributed by atoms with E-state index in [1.165, 1.54) is 4.90 Å². The van der Waals surface area contributed by atoms with E-state index in [0.29, 0.717) is 12.8 Å². The Morgan fingerprint density at radius 2 is 2.13 bits per heavy atom. The maximum Gasteiger partial charge on any atom is 0.410 e. The number of ether oxygens (including phenoxy) is 1. The van der Waals surface area contributed by atoms with Gasteiger partial charge in [-0.3, -0.25) is 9.69 Å². The van der Waals surface area contributed by atoms with Gasteiger partial charge in [0, 0.05) is 12.5 Å². The molecule has 0 aromatic rings. The summed E-state index contributed by atoms with van der Waals surface area (Å²) in [5, 5.41) is 0. The minimum Gasteiger partial charge on any atom is -0.444 e. The first kappa shape index (κ1) is 12.0. The first-order chi connectivity index (χ1) is 6.79. The molecule has 1 atom stereocenters. The molecule has 0 spiro atoms. The number of Topliss-reactive ketones (excluding diaryl/α,β-unsaturated/α-hetero) is 1. The average molecular weight is 212 g/mol. The Balaban J connectivity index is 2.61. The first-order valence-corrected chi connectivity index (χ1v) is 5.14. The number of rotatable bonds is 0. The van der Waals surface area contributed by atoms with Crippen LogP contribution in [0.2, 0.25) is 0 Å². The number of carbonyl (C=O) groups excluding carboxylic acids is 2. The Labute approximate surface area is 90.6 Å². The second-order valence-corrected chi connectivity index (χ2v) is 4.84. The smallest absolute Gasteiger partial charge is 0.410 e. The van der Waals surface area contributed by atoms with Crippen molar-refractivity contribution in [3.05, 3.63) is 6.92 Å². The van der Waals surface area contributed by atoms with E-state index >= 15 is 0 Å². The number of nitrogens with zero attached hydrogens (tertiary/aromatic N) is 1. The van der Waals surface area contributed by atoms with Crippen molar-refractivity contribution < 1.29 is 14.3 Å². The van der Waals surface area contributed by atoms with Crippen molar-refractivity contribution in [3.63, 3.8) is 0 Å². The molecule has 0 aromatic carbocycles. The van der Waals surface area contributed by atoms with Crippen molar-refractivity contribution in [2.75, 3.05) is 6.54 Å². The Morgan fingerprint density at radius 1 is 1.53 bits per heavy atom. The number of carbonyl (C=O) groups is 2. The van der Waals surface area contributed by atoms with Crippen molar-refractivity contribution in [2.45, 2.75) is 45.3 Å². The van der Waals surface area contributed by atoms with E-state index in [0.717, 1.165) is 0 Å². The minimum absolute atomic E-state index is 0.0701. The molecule has 15 heavy (non-hydrogen) atoms. The molecule has 1 rings (SSSR count). The fourth-order valence-corrected chi connectivity index (χ4v) is 1.42. The second kappa shape index (κ2) is 4.21. The zero-order valence-electron chi connectivity index (χ0n) is 9.58. The number of hydrogen-bond acceptors (Lipinski definition) is 3. The van der Waals surface area contributed by atoms with Crippen LogP contribution in [-0.2, 0) is 9.53 Å². The highest BCUT2D eigenvalue weighted by Crippen LogP contribution is 2.17. The van der Waals surface area contributed by atoms with Gasteiger partial charge in [0.1, 0.15) is 5.60 Å². The Hall–Kier alpha value is -1.06. The van der Waals surface area contributed by atoms with Gasteiger partial charge in [-0.1, -0.05) is 0 Å². The number of hydrogen-bond donors (Lipinski definition) is 0. The Morgan fingerprint density at radius 3 is 2.67 bits per heavy atom. The summed E-state index contributed by atoms with van der Waals surface area (Å²) < 4.78 is 5.19. The predicted molar refractivity (Wildman–Crippen MR) is 56.3 cm³/mol. The van der Waals surface area contributed by atoms with Gasteiger partial charge in [0.2, 0.25) is 0 Å². The van der Waals surface area contributed by atoms with Crippen LogP contribution in [0.15, 0.2) is 0 Å². The minimum atomic E-state index is -0.530. The van der Waals surface area contributed by atoms with E-state index in [1.807, 2.05) is 0 Å². The van der Waals surface area contributed by atoms with Crippen LogP contribution in [-0.4, -0.2) is 35.0 Å². The van der Waals surface area contributed by atoms with Crippen LogP contribution >= 0.6 is 0 Å². The molecule has 0 saturated carbocycles. The molecule has 0 aromatic heterocycles. The van der Waals surface area contributed by atoms with Crippen molar-refractivity contribution in [1.29, 1.82) is 0 Å². The van der Waals surface area contributed by atoms with E-state index in [-0.39, 0.29) is 18.4 Å². The summed E-state index contributed by atoms with van der Waals surface area (Å²) in [6, 6.07) is -0.155. The van der Waals surface area contributed by atoms with Gasteiger partial charge in [-0.05, 0) is 34.1 Å². The molecule has 1 amide bonds. The molecule has 1 unspecified atom stereocenters. The molecule has 1 fully saturated rings. The maximum absolute atomic E-state index is 11.7. The van der Waals surface area contributed by atoms with Crippen molar-refractivity contribution >= 4 is 11.9 Å². The van der Waals surface area contributed by atoms with Gasteiger partial charge in [-0.15, -0.1) is 0 Å². The van der Waals surface area contributed by atoms with E-state index in [4.69, 9.17) is 4.74 Å². The quantitative estimate of drug-likeness (QED) is 0.615. The average Bonchev–Trinajstić information content (AvgIpc) is 2.06. The third kappa shape index (κ3) is 3.53. The van der Waals surface area contributed by atoms with Gasteiger partial charge in [-0.25, -0.2) is 4.79 Å². The number of likely N-dealkylation sites (tertiary alicyclic amines) is 1. The summed E-state index contributed by atoms with van der Waals surface area (Å²) >= 11 is 0. The second-order valence-electron chi connectivity index (χ2n) is 4.84. The molecule has 1 saturated heterocycles. The summed E-state index contributed by atoms with van der Waals surface area (Å²) in [6.45, 7) is 9.37. The third-order valence-electron chi connectivity index (χ3n) is 2.17. The lowest BCUT2D eigenvalue weighted by molar-refractivity contribution is -0.123. The van der Waals surface area contributed by atoms with Gasteiger partial charge >= 0.3 is 6.09 Å². The fourth-order valence-electron chi connectivity index (χ4n) is 1.42. The standard InChI is InChI=1S/C11H18NO3/c1-8-5-6-9(13)7-12(8)10(14)15-11(2,3)4/h8H,1,5-7H2,2-4H3. The molecular weight excluding hydrogens is 194 g/mol. The van der Waals surface area contributed by atoms with E-state index in [9.17, 15) is 9.59 Å². The summed E-state index contributed by atoms with van der Waals surface area (Å²) in [7, 11) is 0. The molecule has 0 aliphatic carbocycles. The summed E-state index contributed by atoms with van der Waals surface area (Å²) in [6.07, 6.45) is 0.682. The normalized spacial score (nSPS) is 22.8. The fraction of sp³-hybridized carbons (Fsp3) is 0.727. The zero-order chi connectivity index (χ0) is 11.6. The lowest BCUT2D eigenvalue weighted by atomic mass is 10.0. The van der Waals surface area contributed by atoms with E-state index in [2.05, 4.69) is 6.92 Å². The van der Waals surface area contributed by atoms with Gasteiger partial charge < -0.3 is 4.74 Å². The highest BCUT2D eigenvalue weighted by molar-refractivity contribution is 5.85. The molecule has 0 N–H and O–H groups in total. The molecule has 4 nitrogen and oxygen atoms in total. The zero-order valence-corrected chi connectivity index (χ0v) is 9.58. The largest absolute Gasteiger partial charge is 0.444 e. The molecule has 1 radical (unpaired) electrons. The van der Waals surface area contributed by atoms with E-state index < -0.39 is 11.7 Å². The molecule has 4 heteroatoms. The van der Waals surface area contributed by atoms with Crippen LogP contribution in [0.3, 0.4) is 0 Å². The SMILES string of the molecule is [CH2]C1CCC(=O)CN1C(=O)OC(C)(C)C. The van der Waals surface area contributed by atoms with Crippen LogP contribution in [0.1, 0.15) is 33.6 Å². The van der Waals surface area contributed by atoms with Gasteiger partial charge in [0.15, 0.2) is 5.78 Å². The number of ketones is 1. The molecule has 1 aliphatic rings. The van der Waals surface area contributed by atoms with Crippen molar-refractivity contribution in [3.8, 4) is 0 Å². The van der Waals surface area contributed by atoms with Gasteiger partial charge in [0.25, 0.3) is 0 Å². The molecule has 1 aliphatic heterocycles. The van der Waals surface area contributed by atoms with Crippen LogP contribution in [0.4, 0.5) is 4.79 Å². The van der Waals surface area contributed by atoms with Crippen molar-refractivity contribution in [2.24, 2.45) is 0 Å². The summed E-state index contributed by atoms with van der Waals surface area (Å²) in [4.78, 5) is 24.3. The first-order valence-electron chi connectivity index (χ1n) is 5.14. The summed E-state index contributed by atoms with van der Waals surface area (Å²) in [5.41, 5.74) is -0.530. The number of amides is 1. The molecule has 85 valence electrons. The predicted octanol–water partition coefficient (Wildman–Crippen LogP) is 1.79. The Bertz CT molecular complexity index is 267. The molecule has 1 heterocycles. The lowest BCUT2D eigenvalue weighted by Crippen LogP contribution is -2.47. The lowest BCUT2D eigenvalue weighted by Gasteiger charge is -2.33. The van der Waals surface area contributed by atoms with Crippen LogP contribution in [0, 0.1) is 6.92 Å². The Kier molecular flexibility index (Phi) is 3.37. The van der Waals surface area contributed by atoms with Crippen LogP contribution in [0.25, 0.3) is 0 Å². The number of piperidine rings is 1. The highest BCUT2D eigenvalue weighted by atomic mass is 16.6. The maximum atomic E-state index is 11.7. The topological polar surface area (TPSA) is 46.6 Å². The van der Waals surface area contributed by atoms with Gasteiger partial charge in [-0.2, -0.15) is 0 Å². The summed E-state index contributed by atoms with van der Waals surface area (Å²) in [5.74, 6) is 0.0701. The molecule has 0 bridgehead atoms. The van der Waals surface area contributed by atoms with Crippen LogP contribution in [0.5, 0.6) is 0 Å². The molecular formula is C11H18NO3. The van der Waals surface area contributed by atoms with Crippen molar-refractivity contribution in [1.82, 2.24) is 4.90 Å². The third-order valence-corrected chi connectivity index (χ3v) is 2.17. The van der Waals surface area contributed by atoms with E-state index in [1.54, 1.807) is 20.8 Å². The monoisotopic (exact) mass is 212 g/mol. The van der Waals surface area contributed by atoms with Gasteiger partial charge in [0.05, 0.1) is 6.54 Å². The van der Waals surface area contributed by atoms with Crippen LogP contribution < -0.4 is 0 Å². The highest BCUT2D eigenvalue weighted by Gasteiger charge is 2.30.